The highest BCUT2D eigenvalue weighted by Crippen LogP contribution is 2.20. The summed E-state index contributed by atoms with van der Waals surface area (Å²) in [6.07, 6.45) is 2.62. The summed E-state index contributed by atoms with van der Waals surface area (Å²) in [6, 6.07) is 3.17. The van der Waals surface area contributed by atoms with Crippen molar-refractivity contribution in [1.82, 2.24) is 10.3 Å². The lowest BCUT2D eigenvalue weighted by atomic mass is 9.91. The highest BCUT2D eigenvalue weighted by Gasteiger charge is 2.33. The maximum absolute atomic E-state index is 12.0. The van der Waals surface area contributed by atoms with E-state index in [9.17, 15) is 9.90 Å². The minimum Gasteiger partial charge on any atom is -0.394 e. The average Bonchev–Trinajstić information content (AvgIpc) is 2.40. The monoisotopic (exact) mass is 270 g/mol. The van der Waals surface area contributed by atoms with Crippen molar-refractivity contribution >= 4 is 17.5 Å². The van der Waals surface area contributed by atoms with Crippen molar-refractivity contribution in [2.24, 2.45) is 0 Å². The van der Waals surface area contributed by atoms with Crippen LogP contribution in [-0.2, 0) is 4.74 Å². The first-order valence-electron chi connectivity index (χ1n) is 5.78. The summed E-state index contributed by atoms with van der Waals surface area (Å²) in [5, 5.41) is 12.8. The van der Waals surface area contributed by atoms with Crippen molar-refractivity contribution in [3.63, 3.8) is 0 Å². The van der Waals surface area contributed by atoms with E-state index in [1.54, 1.807) is 12.1 Å². The third kappa shape index (κ3) is 2.98. The maximum Gasteiger partial charge on any atom is 0.270 e. The smallest absolute Gasteiger partial charge is 0.270 e. The van der Waals surface area contributed by atoms with Crippen LogP contribution in [0.25, 0.3) is 0 Å². The Kier molecular flexibility index (Phi) is 4.16. The molecule has 1 aromatic heterocycles. The summed E-state index contributed by atoms with van der Waals surface area (Å²) in [5.41, 5.74) is -0.310. The SMILES string of the molecule is O=C(NC1(CO)CCOCC1)c1ccc(Cl)cn1. The topological polar surface area (TPSA) is 71.5 Å². The fourth-order valence-electron chi connectivity index (χ4n) is 1.90. The van der Waals surface area contributed by atoms with Gasteiger partial charge in [0, 0.05) is 19.4 Å². The van der Waals surface area contributed by atoms with Crippen molar-refractivity contribution in [3.8, 4) is 0 Å². The number of pyridine rings is 1. The molecule has 6 heteroatoms. The van der Waals surface area contributed by atoms with Crippen LogP contribution in [0.3, 0.4) is 0 Å². The molecule has 5 nitrogen and oxygen atoms in total. The highest BCUT2D eigenvalue weighted by molar-refractivity contribution is 6.30. The molecule has 2 N–H and O–H groups in total. The van der Waals surface area contributed by atoms with Gasteiger partial charge >= 0.3 is 0 Å². The molecule has 0 bridgehead atoms. The van der Waals surface area contributed by atoms with Crippen LogP contribution in [0.4, 0.5) is 0 Å². The summed E-state index contributed by atoms with van der Waals surface area (Å²) < 4.78 is 5.23. The largest absolute Gasteiger partial charge is 0.394 e. The van der Waals surface area contributed by atoms with Gasteiger partial charge in [0.05, 0.1) is 17.2 Å². The van der Waals surface area contributed by atoms with Gasteiger partial charge in [-0.1, -0.05) is 11.6 Å². The number of hydrogen-bond donors (Lipinski definition) is 2. The highest BCUT2D eigenvalue weighted by atomic mass is 35.5. The molecule has 0 aliphatic carbocycles. The van der Waals surface area contributed by atoms with Gasteiger partial charge in [-0.2, -0.15) is 0 Å². The first kappa shape index (κ1) is 13.3. The molecule has 98 valence electrons. The van der Waals surface area contributed by atoms with Gasteiger partial charge in [-0.05, 0) is 25.0 Å². The Labute approximate surface area is 110 Å². The molecular formula is C12H15ClN2O3. The van der Waals surface area contributed by atoms with Crippen LogP contribution in [0.15, 0.2) is 18.3 Å². The summed E-state index contributed by atoms with van der Waals surface area (Å²) in [4.78, 5) is 16.0. The molecule has 0 unspecified atom stereocenters. The van der Waals surface area contributed by atoms with Crippen molar-refractivity contribution in [2.45, 2.75) is 18.4 Å². The van der Waals surface area contributed by atoms with Crippen molar-refractivity contribution in [1.29, 1.82) is 0 Å². The molecule has 1 saturated heterocycles. The zero-order valence-corrected chi connectivity index (χ0v) is 10.6. The van der Waals surface area contributed by atoms with E-state index in [1.165, 1.54) is 6.20 Å². The number of aliphatic hydroxyl groups is 1. The second-order valence-corrected chi connectivity index (χ2v) is 4.80. The molecule has 0 radical (unpaired) electrons. The number of carbonyl (C=O) groups excluding carboxylic acids is 1. The molecule has 2 heterocycles. The number of aromatic nitrogens is 1. The Morgan fingerprint density at radius 1 is 1.50 bits per heavy atom. The van der Waals surface area contributed by atoms with Gasteiger partial charge in [0.1, 0.15) is 5.69 Å². The van der Waals surface area contributed by atoms with E-state index >= 15 is 0 Å². The molecule has 1 amide bonds. The molecule has 1 fully saturated rings. The predicted molar refractivity (Wildman–Crippen MR) is 66.6 cm³/mol. The number of halogens is 1. The maximum atomic E-state index is 12.0. The number of amides is 1. The third-order valence-electron chi connectivity index (χ3n) is 3.09. The predicted octanol–water partition coefficient (Wildman–Crippen LogP) is 1.01. The fourth-order valence-corrected chi connectivity index (χ4v) is 2.01. The molecular weight excluding hydrogens is 256 g/mol. The molecule has 0 spiro atoms. The lowest BCUT2D eigenvalue weighted by Gasteiger charge is -2.36. The van der Waals surface area contributed by atoms with E-state index in [0.717, 1.165) is 0 Å². The Balaban J connectivity index is 2.07. The number of nitrogens with zero attached hydrogens (tertiary/aromatic N) is 1. The number of hydrogen-bond acceptors (Lipinski definition) is 4. The first-order chi connectivity index (χ1) is 8.65. The molecule has 18 heavy (non-hydrogen) atoms. The summed E-state index contributed by atoms with van der Waals surface area (Å²) in [6.45, 7) is 0.972. The van der Waals surface area contributed by atoms with E-state index < -0.39 is 5.54 Å². The van der Waals surface area contributed by atoms with Gasteiger partial charge in [0.25, 0.3) is 5.91 Å². The Morgan fingerprint density at radius 2 is 2.22 bits per heavy atom. The van der Waals surface area contributed by atoms with Gasteiger partial charge in [-0.3, -0.25) is 4.79 Å². The second kappa shape index (κ2) is 5.65. The number of ether oxygens (including phenoxy) is 1. The zero-order chi connectivity index (χ0) is 13.0. The Hall–Kier alpha value is -1.17. The van der Waals surface area contributed by atoms with Crippen LogP contribution in [-0.4, -0.2) is 41.4 Å². The minimum atomic E-state index is -0.601. The van der Waals surface area contributed by atoms with Crippen LogP contribution in [0.1, 0.15) is 23.3 Å². The van der Waals surface area contributed by atoms with Gasteiger partial charge in [-0.25, -0.2) is 4.98 Å². The van der Waals surface area contributed by atoms with Gasteiger partial charge in [0.2, 0.25) is 0 Å². The number of carbonyl (C=O) groups is 1. The van der Waals surface area contributed by atoms with Crippen LogP contribution in [0, 0.1) is 0 Å². The molecule has 1 aliphatic heterocycles. The Bertz CT molecular complexity index is 416. The van der Waals surface area contributed by atoms with Crippen LogP contribution >= 0.6 is 11.6 Å². The molecule has 0 atom stereocenters. The van der Waals surface area contributed by atoms with Crippen molar-refractivity contribution in [2.75, 3.05) is 19.8 Å². The van der Waals surface area contributed by atoms with Crippen LogP contribution < -0.4 is 5.32 Å². The van der Waals surface area contributed by atoms with E-state index in [1.807, 2.05) is 0 Å². The van der Waals surface area contributed by atoms with Crippen molar-refractivity contribution < 1.29 is 14.6 Å². The van der Waals surface area contributed by atoms with Gasteiger partial charge in [-0.15, -0.1) is 0 Å². The quantitative estimate of drug-likeness (QED) is 0.860. The Morgan fingerprint density at radius 3 is 2.78 bits per heavy atom. The number of nitrogens with one attached hydrogen (secondary N) is 1. The standard InChI is InChI=1S/C12H15ClN2O3/c13-9-1-2-10(14-7-9)11(17)15-12(8-16)3-5-18-6-4-12/h1-2,7,16H,3-6,8H2,(H,15,17). The van der Waals surface area contributed by atoms with E-state index in [0.29, 0.717) is 36.8 Å². The first-order valence-corrected chi connectivity index (χ1v) is 6.16. The minimum absolute atomic E-state index is 0.101. The second-order valence-electron chi connectivity index (χ2n) is 4.37. The van der Waals surface area contributed by atoms with Crippen LogP contribution in [0.5, 0.6) is 0 Å². The molecule has 1 aliphatic rings. The van der Waals surface area contributed by atoms with E-state index in [2.05, 4.69) is 10.3 Å². The number of aliphatic hydroxyl groups excluding tert-OH is 1. The normalized spacial score (nSPS) is 18.3. The zero-order valence-electron chi connectivity index (χ0n) is 9.86. The van der Waals surface area contributed by atoms with Crippen molar-refractivity contribution in [3.05, 3.63) is 29.0 Å². The van der Waals surface area contributed by atoms with Gasteiger partial charge in [0.15, 0.2) is 0 Å². The summed E-state index contributed by atoms with van der Waals surface area (Å²) >= 11 is 5.71. The lowest BCUT2D eigenvalue weighted by Crippen LogP contribution is -2.54. The lowest BCUT2D eigenvalue weighted by molar-refractivity contribution is 0.0124. The molecule has 2 rings (SSSR count). The number of rotatable bonds is 3. The van der Waals surface area contributed by atoms with E-state index in [4.69, 9.17) is 16.3 Å². The summed E-state index contributed by atoms with van der Waals surface area (Å²) in [5.74, 6) is -0.303. The molecule has 0 saturated carbocycles. The van der Waals surface area contributed by atoms with Gasteiger partial charge < -0.3 is 15.2 Å². The average molecular weight is 271 g/mol. The fraction of sp³-hybridized carbons (Fsp3) is 0.500. The molecule has 1 aromatic rings. The summed E-state index contributed by atoms with van der Waals surface area (Å²) in [7, 11) is 0. The molecule has 0 aromatic carbocycles. The van der Waals surface area contributed by atoms with E-state index in [-0.39, 0.29) is 12.5 Å². The van der Waals surface area contributed by atoms with Crippen LogP contribution in [0.2, 0.25) is 5.02 Å². The third-order valence-corrected chi connectivity index (χ3v) is 3.31.